The first kappa shape index (κ1) is 14.6. The maximum Gasteiger partial charge on any atom is 0.416 e. The SMILES string of the molecule is N#Cc1ccc(C(=O)c2cc(C(F)(F)F)ccc2O)cc1. The van der Waals surface area contributed by atoms with Gasteiger partial charge < -0.3 is 5.11 Å². The fraction of sp³-hybridized carbons (Fsp3) is 0.0667. The standard InChI is InChI=1S/C15H8F3NO2/c16-15(17,18)11-5-6-13(20)12(7-11)14(21)10-3-1-9(8-19)2-4-10/h1-7,20H. The van der Waals surface area contributed by atoms with Crippen LogP contribution in [0.15, 0.2) is 42.5 Å². The van der Waals surface area contributed by atoms with Crippen molar-refractivity contribution in [3.8, 4) is 11.8 Å². The number of hydrogen-bond donors (Lipinski definition) is 1. The van der Waals surface area contributed by atoms with E-state index in [1.807, 2.05) is 6.07 Å². The fourth-order valence-electron chi connectivity index (χ4n) is 1.75. The molecule has 0 bridgehead atoms. The Kier molecular flexibility index (Phi) is 3.68. The molecule has 0 amide bonds. The van der Waals surface area contributed by atoms with Crippen molar-refractivity contribution in [3.05, 3.63) is 64.7 Å². The third-order valence-electron chi connectivity index (χ3n) is 2.84. The third kappa shape index (κ3) is 3.03. The molecule has 1 N–H and O–H groups in total. The molecule has 0 aliphatic heterocycles. The summed E-state index contributed by atoms with van der Waals surface area (Å²) < 4.78 is 37.9. The molecule has 0 fully saturated rings. The van der Waals surface area contributed by atoms with Crippen molar-refractivity contribution >= 4 is 5.78 Å². The number of carbonyl (C=O) groups excluding carboxylic acids is 1. The van der Waals surface area contributed by atoms with E-state index < -0.39 is 28.8 Å². The van der Waals surface area contributed by atoms with Crippen LogP contribution in [0.2, 0.25) is 0 Å². The largest absolute Gasteiger partial charge is 0.507 e. The van der Waals surface area contributed by atoms with E-state index in [9.17, 15) is 23.1 Å². The van der Waals surface area contributed by atoms with E-state index in [1.54, 1.807) is 0 Å². The Hall–Kier alpha value is -2.81. The van der Waals surface area contributed by atoms with Crippen molar-refractivity contribution in [2.75, 3.05) is 0 Å². The van der Waals surface area contributed by atoms with Gasteiger partial charge in [-0.25, -0.2) is 0 Å². The average Bonchev–Trinajstić information content (AvgIpc) is 2.46. The number of nitrogens with zero attached hydrogens (tertiary/aromatic N) is 1. The predicted octanol–water partition coefficient (Wildman–Crippen LogP) is 3.51. The summed E-state index contributed by atoms with van der Waals surface area (Å²) >= 11 is 0. The Morgan fingerprint density at radius 2 is 1.71 bits per heavy atom. The van der Waals surface area contributed by atoms with E-state index in [2.05, 4.69) is 0 Å². The van der Waals surface area contributed by atoms with Gasteiger partial charge in [0.15, 0.2) is 5.78 Å². The number of hydrogen-bond acceptors (Lipinski definition) is 3. The molecule has 0 heterocycles. The second kappa shape index (κ2) is 5.29. The number of halogens is 3. The molecule has 0 saturated heterocycles. The minimum Gasteiger partial charge on any atom is -0.507 e. The topological polar surface area (TPSA) is 61.1 Å². The smallest absolute Gasteiger partial charge is 0.416 e. The number of phenols is 1. The molecule has 0 unspecified atom stereocenters. The number of phenolic OH excluding ortho intramolecular Hbond substituents is 1. The van der Waals surface area contributed by atoms with Crippen LogP contribution in [-0.2, 0) is 6.18 Å². The molecule has 0 aliphatic rings. The van der Waals surface area contributed by atoms with E-state index in [-0.39, 0.29) is 5.56 Å². The molecule has 2 rings (SSSR count). The van der Waals surface area contributed by atoms with Gasteiger partial charge in [0.2, 0.25) is 0 Å². The normalized spacial score (nSPS) is 11.0. The number of ketones is 1. The van der Waals surface area contributed by atoms with E-state index in [1.165, 1.54) is 24.3 Å². The van der Waals surface area contributed by atoms with Crippen LogP contribution in [0.25, 0.3) is 0 Å². The predicted molar refractivity (Wildman–Crippen MR) is 67.7 cm³/mol. The second-order valence-corrected chi connectivity index (χ2v) is 4.25. The second-order valence-electron chi connectivity index (χ2n) is 4.25. The lowest BCUT2D eigenvalue weighted by Gasteiger charge is -2.10. The minimum atomic E-state index is -4.60. The first-order valence-corrected chi connectivity index (χ1v) is 5.78. The van der Waals surface area contributed by atoms with Crippen LogP contribution in [0.1, 0.15) is 27.0 Å². The summed E-state index contributed by atoms with van der Waals surface area (Å²) in [7, 11) is 0. The molecule has 3 nitrogen and oxygen atoms in total. The van der Waals surface area contributed by atoms with Gasteiger partial charge in [0.1, 0.15) is 5.75 Å². The van der Waals surface area contributed by atoms with Gasteiger partial charge in [-0.15, -0.1) is 0 Å². The highest BCUT2D eigenvalue weighted by atomic mass is 19.4. The minimum absolute atomic E-state index is 0.0867. The summed E-state index contributed by atoms with van der Waals surface area (Å²) in [5.41, 5.74) is -1.05. The molecule has 0 spiro atoms. The summed E-state index contributed by atoms with van der Waals surface area (Å²) in [4.78, 5) is 12.1. The Morgan fingerprint density at radius 3 is 2.24 bits per heavy atom. The molecular weight excluding hydrogens is 283 g/mol. The molecule has 0 aromatic heterocycles. The van der Waals surface area contributed by atoms with Crippen molar-refractivity contribution in [1.82, 2.24) is 0 Å². The Labute approximate surface area is 117 Å². The van der Waals surface area contributed by atoms with Crippen LogP contribution in [-0.4, -0.2) is 10.9 Å². The molecule has 6 heteroatoms. The lowest BCUT2D eigenvalue weighted by molar-refractivity contribution is -0.137. The molecule has 106 valence electrons. The van der Waals surface area contributed by atoms with Crippen LogP contribution in [0, 0.1) is 11.3 Å². The number of rotatable bonds is 2. The Balaban J connectivity index is 2.45. The van der Waals surface area contributed by atoms with Crippen molar-refractivity contribution in [2.24, 2.45) is 0 Å². The zero-order valence-electron chi connectivity index (χ0n) is 10.5. The summed E-state index contributed by atoms with van der Waals surface area (Å²) in [6.07, 6.45) is -4.60. The van der Waals surface area contributed by atoms with Crippen molar-refractivity contribution in [1.29, 1.82) is 5.26 Å². The monoisotopic (exact) mass is 291 g/mol. The number of benzene rings is 2. The number of nitriles is 1. The number of carbonyl (C=O) groups is 1. The lowest BCUT2D eigenvalue weighted by Crippen LogP contribution is -2.08. The molecule has 2 aromatic rings. The maximum atomic E-state index is 12.6. The van der Waals surface area contributed by atoms with Gasteiger partial charge in [-0.05, 0) is 42.5 Å². The summed E-state index contributed by atoms with van der Waals surface area (Å²) in [5, 5.41) is 18.2. The average molecular weight is 291 g/mol. The van der Waals surface area contributed by atoms with E-state index in [4.69, 9.17) is 5.26 Å². The molecule has 2 aromatic carbocycles. The quantitative estimate of drug-likeness (QED) is 0.861. The molecule has 0 aliphatic carbocycles. The lowest BCUT2D eigenvalue weighted by atomic mass is 9.99. The molecule has 21 heavy (non-hydrogen) atoms. The zero-order valence-corrected chi connectivity index (χ0v) is 10.5. The first-order valence-electron chi connectivity index (χ1n) is 5.78. The fourth-order valence-corrected chi connectivity index (χ4v) is 1.75. The van der Waals surface area contributed by atoms with Crippen molar-refractivity contribution in [2.45, 2.75) is 6.18 Å². The number of aromatic hydroxyl groups is 1. The zero-order chi connectivity index (χ0) is 15.6. The molecule has 0 radical (unpaired) electrons. The molecule has 0 saturated carbocycles. The van der Waals surface area contributed by atoms with Crippen LogP contribution in [0.3, 0.4) is 0 Å². The van der Waals surface area contributed by atoms with E-state index in [0.717, 1.165) is 6.07 Å². The number of alkyl halides is 3. The highest BCUT2D eigenvalue weighted by Crippen LogP contribution is 2.33. The molecule has 0 atom stereocenters. The van der Waals surface area contributed by atoms with Crippen LogP contribution >= 0.6 is 0 Å². The van der Waals surface area contributed by atoms with Crippen molar-refractivity contribution < 1.29 is 23.1 Å². The van der Waals surface area contributed by atoms with Gasteiger partial charge in [0, 0.05) is 5.56 Å². The summed E-state index contributed by atoms with van der Waals surface area (Å²) in [6.45, 7) is 0. The van der Waals surface area contributed by atoms with E-state index >= 15 is 0 Å². The van der Waals surface area contributed by atoms with Gasteiger partial charge in [-0.3, -0.25) is 4.79 Å². The highest BCUT2D eigenvalue weighted by Gasteiger charge is 2.31. The van der Waals surface area contributed by atoms with Crippen LogP contribution < -0.4 is 0 Å². The van der Waals surface area contributed by atoms with Gasteiger partial charge in [-0.1, -0.05) is 0 Å². The van der Waals surface area contributed by atoms with Gasteiger partial charge in [0.05, 0.1) is 22.8 Å². The van der Waals surface area contributed by atoms with Crippen LogP contribution in [0.5, 0.6) is 5.75 Å². The maximum absolute atomic E-state index is 12.6. The van der Waals surface area contributed by atoms with E-state index in [0.29, 0.717) is 17.7 Å². The summed E-state index contributed by atoms with van der Waals surface area (Å²) in [6, 6.07) is 9.39. The first-order chi connectivity index (χ1) is 9.82. The highest BCUT2D eigenvalue weighted by molar-refractivity contribution is 6.10. The van der Waals surface area contributed by atoms with Gasteiger partial charge in [-0.2, -0.15) is 18.4 Å². The van der Waals surface area contributed by atoms with Gasteiger partial charge >= 0.3 is 6.18 Å². The van der Waals surface area contributed by atoms with Crippen molar-refractivity contribution in [3.63, 3.8) is 0 Å². The van der Waals surface area contributed by atoms with Gasteiger partial charge in [0.25, 0.3) is 0 Å². The third-order valence-corrected chi connectivity index (χ3v) is 2.84. The Bertz CT molecular complexity index is 728. The van der Waals surface area contributed by atoms with Crippen LogP contribution in [0.4, 0.5) is 13.2 Å². The Morgan fingerprint density at radius 1 is 1.10 bits per heavy atom. The molecular formula is C15H8F3NO2. The summed E-state index contributed by atoms with van der Waals surface area (Å²) in [5.74, 6) is -1.28.